The Morgan fingerprint density at radius 3 is 2.05 bits per heavy atom. The van der Waals surface area contributed by atoms with Gasteiger partial charge in [-0.2, -0.15) is 0 Å². The van der Waals surface area contributed by atoms with Crippen LogP contribution in [0.5, 0.6) is 11.5 Å². The first-order valence-electron chi connectivity index (χ1n) is 15.5. The fourth-order valence-corrected chi connectivity index (χ4v) is 5.35. The number of esters is 1. The summed E-state index contributed by atoms with van der Waals surface area (Å²) < 4.78 is 19.7. The molecule has 0 aliphatic carbocycles. The number of ether oxygens (including phenoxy) is 3. The Hall–Kier alpha value is -4.77. The molecular weight excluding hydrogens is 546 g/mol. The van der Waals surface area contributed by atoms with Crippen LogP contribution < -0.4 is 9.47 Å². The van der Waals surface area contributed by atoms with Gasteiger partial charge in [0.05, 0.1) is 18.9 Å². The molecule has 0 unspecified atom stereocenters. The second-order valence-electron chi connectivity index (χ2n) is 10.9. The zero-order valence-electron chi connectivity index (χ0n) is 25.7. The van der Waals surface area contributed by atoms with Crippen molar-refractivity contribution in [2.75, 3.05) is 13.2 Å². The lowest BCUT2D eigenvalue weighted by Gasteiger charge is -2.18. The largest absolute Gasteiger partial charge is 0.494 e. The zero-order valence-corrected chi connectivity index (χ0v) is 25.7. The Bertz CT molecular complexity index is 1580. The molecule has 226 valence electrons. The molecule has 4 aromatic carbocycles. The molecule has 0 aliphatic rings. The lowest BCUT2D eigenvalue weighted by atomic mass is 10.1. The predicted molar refractivity (Wildman–Crippen MR) is 177 cm³/mol. The number of hydrogen-bond donors (Lipinski definition) is 0. The summed E-state index contributed by atoms with van der Waals surface area (Å²) in [6, 6.07) is 40.9. The van der Waals surface area contributed by atoms with E-state index >= 15 is 0 Å². The minimum absolute atomic E-state index is 0.311. The molecule has 0 bridgehead atoms. The van der Waals surface area contributed by atoms with E-state index in [2.05, 4.69) is 66.1 Å². The van der Waals surface area contributed by atoms with Crippen molar-refractivity contribution in [3.8, 4) is 28.4 Å². The van der Waals surface area contributed by atoms with Crippen LogP contribution in [0.15, 0.2) is 121 Å². The van der Waals surface area contributed by atoms with E-state index in [0.717, 1.165) is 59.8 Å². The third kappa shape index (κ3) is 8.41. The van der Waals surface area contributed by atoms with Crippen LogP contribution in [0.4, 0.5) is 0 Å². The molecule has 0 fully saturated rings. The van der Waals surface area contributed by atoms with Crippen molar-refractivity contribution in [1.29, 1.82) is 0 Å². The highest BCUT2D eigenvalue weighted by Gasteiger charge is 2.22. The molecule has 5 nitrogen and oxygen atoms in total. The van der Waals surface area contributed by atoms with Gasteiger partial charge in [-0.05, 0) is 117 Å². The summed E-state index contributed by atoms with van der Waals surface area (Å²) in [6.45, 7) is 4.94. The Labute approximate surface area is 261 Å². The van der Waals surface area contributed by atoms with Gasteiger partial charge in [-0.15, -0.1) is 0 Å². The molecule has 5 aromatic rings. The number of rotatable bonds is 15. The van der Waals surface area contributed by atoms with Crippen molar-refractivity contribution in [2.24, 2.45) is 0 Å². The summed E-state index contributed by atoms with van der Waals surface area (Å²) in [4.78, 5) is 12.7. The van der Waals surface area contributed by atoms with Gasteiger partial charge >= 0.3 is 5.97 Å². The number of nitrogens with zero attached hydrogens (tertiary/aromatic N) is 1. The summed E-state index contributed by atoms with van der Waals surface area (Å²) >= 11 is 0. The standard InChI is InChI=1S/C39H41NO4/c1-3-42-39(41)38(29-32-16-9-5-10-17-32)44-36-23-19-33(20-24-36)37-27-18-30(2)40(37)34-21-25-35(26-22-34)43-28-12-6-11-15-31-13-7-4-8-14-31/h4-5,7-10,13-14,16-27,38H,3,6,11-12,15,28-29H2,1-2H3/t38-/m1/s1. The van der Waals surface area contributed by atoms with Crippen molar-refractivity contribution < 1.29 is 19.0 Å². The fraction of sp³-hybridized carbons (Fsp3) is 0.256. The second kappa shape index (κ2) is 15.6. The van der Waals surface area contributed by atoms with E-state index in [9.17, 15) is 4.79 Å². The first-order chi connectivity index (χ1) is 21.6. The summed E-state index contributed by atoms with van der Waals surface area (Å²) in [5, 5.41) is 0. The predicted octanol–water partition coefficient (Wildman–Crippen LogP) is 8.80. The Balaban J connectivity index is 1.19. The number of aromatic nitrogens is 1. The van der Waals surface area contributed by atoms with Crippen molar-refractivity contribution >= 4 is 5.97 Å². The zero-order chi connectivity index (χ0) is 30.6. The van der Waals surface area contributed by atoms with Crippen LogP contribution in [0, 0.1) is 6.92 Å². The average molecular weight is 588 g/mol. The highest BCUT2D eigenvalue weighted by atomic mass is 16.6. The third-order valence-corrected chi connectivity index (χ3v) is 7.63. The Morgan fingerprint density at radius 1 is 0.705 bits per heavy atom. The number of aryl methyl sites for hydroxylation is 2. The van der Waals surface area contributed by atoms with Gasteiger partial charge in [0.1, 0.15) is 11.5 Å². The SMILES string of the molecule is CCOC(=O)[C@@H](Cc1ccccc1)Oc1ccc(-c2ccc(C)n2-c2ccc(OCCCCCc3ccccc3)cc2)cc1. The molecule has 0 amide bonds. The summed E-state index contributed by atoms with van der Waals surface area (Å²) in [5.41, 5.74) is 6.76. The van der Waals surface area contributed by atoms with Crippen LogP contribution in [-0.4, -0.2) is 29.9 Å². The van der Waals surface area contributed by atoms with Gasteiger partial charge in [-0.1, -0.05) is 60.7 Å². The molecule has 44 heavy (non-hydrogen) atoms. The van der Waals surface area contributed by atoms with E-state index in [1.54, 1.807) is 6.92 Å². The van der Waals surface area contributed by atoms with E-state index in [4.69, 9.17) is 14.2 Å². The van der Waals surface area contributed by atoms with Gasteiger partial charge in [0.2, 0.25) is 0 Å². The summed E-state index contributed by atoms with van der Waals surface area (Å²) in [6.07, 6.45) is 4.21. The lowest BCUT2D eigenvalue weighted by molar-refractivity contribution is -0.151. The van der Waals surface area contributed by atoms with Crippen LogP contribution in [0.1, 0.15) is 43.0 Å². The maximum atomic E-state index is 12.7. The highest BCUT2D eigenvalue weighted by Crippen LogP contribution is 2.29. The number of carbonyl (C=O) groups is 1. The summed E-state index contributed by atoms with van der Waals surface area (Å²) in [7, 11) is 0. The molecule has 5 rings (SSSR count). The lowest BCUT2D eigenvalue weighted by Crippen LogP contribution is -2.31. The monoisotopic (exact) mass is 587 g/mol. The third-order valence-electron chi connectivity index (χ3n) is 7.63. The molecule has 0 radical (unpaired) electrons. The normalized spacial score (nSPS) is 11.6. The number of unbranched alkanes of at least 4 members (excludes halogenated alkanes) is 2. The van der Waals surface area contributed by atoms with E-state index < -0.39 is 6.10 Å². The van der Waals surface area contributed by atoms with Gasteiger partial charge in [-0.3, -0.25) is 0 Å². The quantitative estimate of drug-likeness (QED) is 0.0907. The maximum Gasteiger partial charge on any atom is 0.347 e. The van der Waals surface area contributed by atoms with Crippen molar-refractivity contribution in [3.05, 3.63) is 138 Å². The molecule has 0 saturated carbocycles. The molecule has 0 N–H and O–H groups in total. The average Bonchev–Trinajstić information content (AvgIpc) is 3.45. The fourth-order valence-electron chi connectivity index (χ4n) is 5.35. The molecule has 0 aliphatic heterocycles. The van der Waals surface area contributed by atoms with Gasteiger partial charge in [0.25, 0.3) is 0 Å². The van der Waals surface area contributed by atoms with Crippen molar-refractivity contribution in [1.82, 2.24) is 4.57 Å². The minimum atomic E-state index is -0.718. The van der Waals surface area contributed by atoms with Crippen LogP contribution in [0.3, 0.4) is 0 Å². The first kappa shape index (κ1) is 30.7. The van der Waals surface area contributed by atoms with E-state index in [-0.39, 0.29) is 5.97 Å². The van der Waals surface area contributed by atoms with Crippen molar-refractivity contribution in [2.45, 2.75) is 52.1 Å². The molecule has 1 aromatic heterocycles. The van der Waals surface area contributed by atoms with E-state index in [1.165, 1.54) is 12.0 Å². The summed E-state index contributed by atoms with van der Waals surface area (Å²) in [5.74, 6) is 1.15. The molecule has 0 saturated heterocycles. The Kier molecular flexibility index (Phi) is 10.9. The van der Waals surface area contributed by atoms with Crippen LogP contribution in [-0.2, 0) is 22.4 Å². The van der Waals surface area contributed by atoms with Crippen LogP contribution >= 0.6 is 0 Å². The topological polar surface area (TPSA) is 49.7 Å². The first-order valence-corrected chi connectivity index (χ1v) is 15.5. The van der Waals surface area contributed by atoms with Crippen molar-refractivity contribution in [3.63, 3.8) is 0 Å². The van der Waals surface area contributed by atoms with E-state index in [1.807, 2.05) is 66.7 Å². The number of carbonyl (C=O) groups excluding carboxylic acids is 1. The molecule has 1 heterocycles. The van der Waals surface area contributed by atoms with Crippen LogP contribution in [0.25, 0.3) is 16.9 Å². The van der Waals surface area contributed by atoms with Gasteiger partial charge in [0.15, 0.2) is 6.10 Å². The molecular formula is C39H41NO4. The highest BCUT2D eigenvalue weighted by molar-refractivity contribution is 5.75. The van der Waals surface area contributed by atoms with E-state index in [0.29, 0.717) is 18.8 Å². The Morgan fingerprint density at radius 2 is 1.36 bits per heavy atom. The van der Waals surface area contributed by atoms with Gasteiger partial charge < -0.3 is 18.8 Å². The minimum Gasteiger partial charge on any atom is -0.494 e. The van der Waals surface area contributed by atoms with Gasteiger partial charge in [0, 0.05) is 17.8 Å². The molecule has 0 spiro atoms. The second-order valence-corrected chi connectivity index (χ2v) is 10.9. The smallest absolute Gasteiger partial charge is 0.347 e. The number of hydrogen-bond acceptors (Lipinski definition) is 4. The van der Waals surface area contributed by atoms with Gasteiger partial charge in [-0.25, -0.2) is 4.79 Å². The maximum absolute atomic E-state index is 12.7. The number of benzene rings is 4. The molecule has 1 atom stereocenters. The van der Waals surface area contributed by atoms with Crippen LogP contribution in [0.2, 0.25) is 0 Å². The molecule has 5 heteroatoms.